The Balaban J connectivity index is 2.10. The van der Waals surface area contributed by atoms with E-state index in [-0.39, 0.29) is 0 Å². The molecule has 0 aromatic carbocycles. The van der Waals surface area contributed by atoms with E-state index in [1.165, 1.54) is 0 Å². The molecule has 0 amide bonds. The molecule has 70 valence electrons. The Morgan fingerprint density at radius 1 is 1.31 bits per heavy atom. The quantitative estimate of drug-likeness (QED) is 0.737. The number of hydrogen-bond donors (Lipinski definition) is 0. The molecule has 0 spiro atoms. The third kappa shape index (κ3) is 2.28. The highest BCUT2D eigenvalue weighted by atomic mass is 127. The fourth-order valence-electron chi connectivity index (χ4n) is 1.19. The van der Waals surface area contributed by atoms with Crippen LogP contribution in [0.1, 0.15) is 12.8 Å². The molecule has 5 heteroatoms. The Labute approximate surface area is 90.4 Å². The molecule has 1 fully saturated rings. The van der Waals surface area contributed by atoms with Crippen molar-refractivity contribution in [3.63, 3.8) is 0 Å². The van der Waals surface area contributed by atoms with Crippen molar-refractivity contribution < 1.29 is 4.84 Å². The van der Waals surface area contributed by atoms with E-state index in [0.29, 0.717) is 5.95 Å². The van der Waals surface area contributed by atoms with Gasteiger partial charge in [0.15, 0.2) is 0 Å². The maximum absolute atomic E-state index is 5.41. The molecule has 1 aromatic heterocycles. The zero-order valence-electron chi connectivity index (χ0n) is 7.11. The first-order valence-corrected chi connectivity index (χ1v) is 5.32. The van der Waals surface area contributed by atoms with Crippen LogP contribution in [0.15, 0.2) is 12.4 Å². The fraction of sp³-hybridized carbons (Fsp3) is 0.500. The number of anilines is 1. The summed E-state index contributed by atoms with van der Waals surface area (Å²) < 4.78 is 1.04. The van der Waals surface area contributed by atoms with Crippen molar-refractivity contribution in [1.29, 1.82) is 0 Å². The Morgan fingerprint density at radius 3 is 2.69 bits per heavy atom. The van der Waals surface area contributed by atoms with E-state index in [0.717, 1.165) is 29.6 Å². The van der Waals surface area contributed by atoms with Gasteiger partial charge < -0.3 is 0 Å². The molecular formula is C8H10IN3O. The van der Waals surface area contributed by atoms with Gasteiger partial charge >= 0.3 is 0 Å². The highest BCUT2D eigenvalue weighted by molar-refractivity contribution is 14.1. The molecule has 1 aliphatic rings. The Morgan fingerprint density at radius 2 is 2.08 bits per heavy atom. The van der Waals surface area contributed by atoms with Crippen LogP contribution < -0.4 is 5.06 Å². The van der Waals surface area contributed by atoms with Crippen LogP contribution >= 0.6 is 22.6 Å². The summed E-state index contributed by atoms with van der Waals surface area (Å²) in [5.74, 6) is 0.667. The largest absolute Gasteiger partial charge is 0.271 e. The van der Waals surface area contributed by atoms with Crippen molar-refractivity contribution >= 4 is 28.5 Å². The van der Waals surface area contributed by atoms with Gasteiger partial charge in [0.25, 0.3) is 0 Å². The van der Waals surface area contributed by atoms with Gasteiger partial charge in [-0.15, -0.1) is 0 Å². The summed E-state index contributed by atoms with van der Waals surface area (Å²) in [4.78, 5) is 13.8. The lowest BCUT2D eigenvalue weighted by atomic mass is 10.3. The zero-order chi connectivity index (χ0) is 9.10. The number of rotatable bonds is 1. The second kappa shape index (κ2) is 4.19. The minimum atomic E-state index is 0.667. The number of nitrogens with zero attached hydrogens (tertiary/aromatic N) is 3. The molecule has 1 aromatic rings. The molecule has 1 aliphatic heterocycles. The van der Waals surface area contributed by atoms with E-state index in [4.69, 9.17) is 4.84 Å². The van der Waals surface area contributed by atoms with Gasteiger partial charge in [0.1, 0.15) is 0 Å². The molecular weight excluding hydrogens is 281 g/mol. The van der Waals surface area contributed by atoms with Gasteiger partial charge in [0, 0.05) is 22.5 Å². The Kier molecular flexibility index (Phi) is 2.94. The Bertz CT molecular complexity index is 271. The standard InChI is InChI=1S/C8H10IN3O/c9-7-5-10-8(11-6-7)12-3-1-2-4-13-12/h5-6H,1-4H2. The monoisotopic (exact) mass is 291 g/mol. The van der Waals surface area contributed by atoms with Crippen molar-refractivity contribution in [3.8, 4) is 0 Å². The summed E-state index contributed by atoms with van der Waals surface area (Å²) in [5, 5.41) is 1.76. The first-order valence-electron chi connectivity index (χ1n) is 4.24. The first-order chi connectivity index (χ1) is 6.36. The molecule has 2 heterocycles. The molecule has 2 rings (SSSR count). The van der Waals surface area contributed by atoms with Gasteiger partial charge in [-0.3, -0.25) is 4.84 Å². The maximum Gasteiger partial charge on any atom is 0.249 e. The van der Waals surface area contributed by atoms with Crippen LogP contribution in [-0.2, 0) is 4.84 Å². The molecule has 13 heavy (non-hydrogen) atoms. The molecule has 0 saturated carbocycles. The molecule has 0 unspecified atom stereocenters. The van der Waals surface area contributed by atoms with Crippen LogP contribution in [0.2, 0.25) is 0 Å². The maximum atomic E-state index is 5.41. The lowest BCUT2D eigenvalue weighted by Gasteiger charge is -2.25. The smallest absolute Gasteiger partial charge is 0.249 e. The van der Waals surface area contributed by atoms with Crippen LogP contribution in [0.5, 0.6) is 0 Å². The van der Waals surface area contributed by atoms with E-state index in [2.05, 4.69) is 32.6 Å². The third-order valence-electron chi connectivity index (χ3n) is 1.83. The summed E-state index contributed by atoms with van der Waals surface area (Å²) in [6, 6.07) is 0. The summed E-state index contributed by atoms with van der Waals surface area (Å²) in [6.07, 6.45) is 5.86. The van der Waals surface area contributed by atoms with E-state index < -0.39 is 0 Å². The molecule has 0 radical (unpaired) electrons. The van der Waals surface area contributed by atoms with Crippen molar-refractivity contribution in [2.75, 3.05) is 18.2 Å². The van der Waals surface area contributed by atoms with Gasteiger partial charge in [-0.1, -0.05) is 0 Å². The van der Waals surface area contributed by atoms with Gasteiger partial charge in [-0.05, 0) is 35.4 Å². The van der Waals surface area contributed by atoms with Crippen LogP contribution in [0, 0.1) is 3.57 Å². The minimum Gasteiger partial charge on any atom is -0.271 e. The highest BCUT2D eigenvalue weighted by Crippen LogP contribution is 2.13. The number of hydrogen-bond acceptors (Lipinski definition) is 4. The van der Waals surface area contributed by atoms with Crippen LogP contribution in [0.4, 0.5) is 5.95 Å². The van der Waals surface area contributed by atoms with Crippen LogP contribution in [-0.4, -0.2) is 23.1 Å². The van der Waals surface area contributed by atoms with Gasteiger partial charge in [0.05, 0.1) is 6.61 Å². The summed E-state index contributed by atoms with van der Waals surface area (Å²) >= 11 is 2.18. The SMILES string of the molecule is Ic1cnc(N2CCCCO2)nc1. The van der Waals surface area contributed by atoms with E-state index in [1.807, 2.05) is 0 Å². The number of halogens is 1. The average Bonchev–Trinajstić information content (AvgIpc) is 2.20. The lowest BCUT2D eigenvalue weighted by molar-refractivity contribution is 0.0743. The summed E-state index contributed by atoms with van der Waals surface area (Å²) in [5.41, 5.74) is 0. The summed E-state index contributed by atoms with van der Waals surface area (Å²) in [6.45, 7) is 1.66. The van der Waals surface area contributed by atoms with E-state index >= 15 is 0 Å². The van der Waals surface area contributed by atoms with Gasteiger partial charge in [-0.2, -0.15) is 0 Å². The Hall–Kier alpha value is -0.430. The number of aromatic nitrogens is 2. The number of hydroxylamine groups is 1. The second-order valence-electron chi connectivity index (χ2n) is 2.84. The molecule has 1 saturated heterocycles. The fourth-order valence-corrected chi connectivity index (χ4v) is 1.47. The van der Waals surface area contributed by atoms with Gasteiger partial charge in [-0.25, -0.2) is 15.0 Å². The highest BCUT2D eigenvalue weighted by Gasteiger charge is 2.13. The van der Waals surface area contributed by atoms with Crippen LogP contribution in [0.3, 0.4) is 0 Å². The molecule has 0 aliphatic carbocycles. The topological polar surface area (TPSA) is 38.2 Å². The van der Waals surface area contributed by atoms with Crippen LogP contribution in [0.25, 0.3) is 0 Å². The normalized spacial score (nSPS) is 17.5. The second-order valence-corrected chi connectivity index (χ2v) is 4.09. The molecule has 0 N–H and O–H groups in total. The van der Waals surface area contributed by atoms with Crippen molar-refractivity contribution in [1.82, 2.24) is 9.97 Å². The molecule has 0 atom stereocenters. The van der Waals surface area contributed by atoms with Crippen molar-refractivity contribution in [3.05, 3.63) is 16.0 Å². The predicted molar refractivity (Wildman–Crippen MR) is 57.3 cm³/mol. The third-order valence-corrected chi connectivity index (χ3v) is 2.39. The lowest BCUT2D eigenvalue weighted by Crippen LogP contribution is -2.31. The predicted octanol–water partition coefficient (Wildman–Crippen LogP) is 1.61. The zero-order valence-corrected chi connectivity index (χ0v) is 9.27. The van der Waals surface area contributed by atoms with Crippen molar-refractivity contribution in [2.24, 2.45) is 0 Å². The van der Waals surface area contributed by atoms with E-state index in [1.54, 1.807) is 17.5 Å². The summed E-state index contributed by atoms with van der Waals surface area (Å²) in [7, 11) is 0. The van der Waals surface area contributed by atoms with E-state index in [9.17, 15) is 0 Å². The average molecular weight is 291 g/mol. The first kappa shape index (κ1) is 9.14. The van der Waals surface area contributed by atoms with Gasteiger partial charge in [0.2, 0.25) is 5.95 Å². The molecule has 0 bridgehead atoms. The van der Waals surface area contributed by atoms with Crippen molar-refractivity contribution in [2.45, 2.75) is 12.8 Å². The minimum absolute atomic E-state index is 0.667. The molecule has 4 nitrogen and oxygen atoms in total.